The number of aliphatic hydroxyl groups is 2. The second-order valence-electron chi connectivity index (χ2n) is 3.33. The number of hydrogen-bond acceptors (Lipinski definition) is 4. The third-order valence-corrected chi connectivity index (χ3v) is 1.65. The topological polar surface area (TPSA) is 81.6 Å². The smallest absolute Gasteiger partial charge is 0.251 e. The van der Waals surface area contributed by atoms with E-state index in [1.807, 2.05) is 13.8 Å². The molecule has 5 nitrogen and oxygen atoms in total. The number of aliphatic hydroxyl groups excluding tert-OH is 2. The van der Waals surface area contributed by atoms with Crippen LogP contribution in [0, 0.1) is 0 Å². The van der Waals surface area contributed by atoms with Crippen LogP contribution >= 0.6 is 0 Å². The van der Waals surface area contributed by atoms with Crippen molar-refractivity contribution in [3.05, 3.63) is 12.3 Å². The molecule has 0 spiro atoms. The molecule has 5 heteroatoms. The van der Waals surface area contributed by atoms with Crippen LogP contribution in [0.4, 0.5) is 0 Å². The fourth-order valence-electron chi connectivity index (χ4n) is 0.938. The Labute approximate surface area is 83.8 Å². The van der Waals surface area contributed by atoms with Crippen LogP contribution in [0.3, 0.4) is 0 Å². The van der Waals surface area contributed by atoms with Crippen LogP contribution in [0.25, 0.3) is 0 Å². The highest BCUT2D eigenvalue weighted by molar-refractivity contribution is 5.81. The summed E-state index contributed by atoms with van der Waals surface area (Å²) in [5, 5.41) is 23.8. The zero-order valence-electron chi connectivity index (χ0n) is 8.74. The lowest BCUT2D eigenvalue weighted by Gasteiger charge is -2.21. The number of rotatable bonds is 5. The maximum atomic E-state index is 11.0. The van der Waals surface area contributed by atoms with E-state index in [9.17, 15) is 15.0 Å². The lowest BCUT2D eigenvalue weighted by Crippen LogP contribution is -2.44. The van der Waals surface area contributed by atoms with Gasteiger partial charge in [-0.05, 0) is 13.8 Å². The molecular formula is C9H18N2O3. The average molecular weight is 202 g/mol. The number of nitrogens with one attached hydrogen (secondary N) is 2. The molecule has 0 bridgehead atoms. The normalized spacial score (nSPS) is 14.7. The first-order valence-corrected chi connectivity index (χ1v) is 4.43. The number of carbonyl (C=O) groups is 1. The molecule has 1 unspecified atom stereocenters. The van der Waals surface area contributed by atoms with Crippen molar-refractivity contribution in [3.63, 3.8) is 0 Å². The maximum absolute atomic E-state index is 11.0. The molecule has 0 aliphatic heterocycles. The van der Waals surface area contributed by atoms with Crippen molar-refractivity contribution in [1.29, 1.82) is 0 Å². The van der Waals surface area contributed by atoms with Crippen LogP contribution in [-0.2, 0) is 4.79 Å². The fourth-order valence-corrected chi connectivity index (χ4v) is 0.938. The Bertz CT molecular complexity index is 216. The van der Waals surface area contributed by atoms with Gasteiger partial charge in [0.25, 0.3) is 5.91 Å². The Morgan fingerprint density at radius 3 is 2.14 bits per heavy atom. The van der Waals surface area contributed by atoms with Gasteiger partial charge in [-0.25, -0.2) is 0 Å². The number of hydrogen-bond donors (Lipinski definition) is 4. The summed E-state index contributed by atoms with van der Waals surface area (Å²) in [4.78, 5) is 11.0. The second-order valence-corrected chi connectivity index (χ2v) is 3.33. The first kappa shape index (κ1) is 12.9. The van der Waals surface area contributed by atoms with E-state index < -0.39 is 18.1 Å². The third kappa shape index (κ3) is 3.76. The first-order valence-electron chi connectivity index (χ1n) is 4.43. The highest BCUT2D eigenvalue weighted by Gasteiger charge is 2.25. The summed E-state index contributed by atoms with van der Waals surface area (Å²) in [6.45, 7) is 7.26. The van der Waals surface area contributed by atoms with E-state index in [0.29, 0.717) is 0 Å². The SMILES string of the molecule is C=C(NC(C)C)[C@@H](O)C(O)C(=O)NC. The Balaban J connectivity index is 4.24. The minimum atomic E-state index is -1.49. The van der Waals surface area contributed by atoms with Crippen LogP contribution in [0.5, 0.6) is 0 Å². The molecule has 0 aromatic rings. The van der Waals surface area contributed by atoms with Gasteiger partial charge in [-0.15, -0.1) is 0 Å². The van der Waals surface area contributed by atoms with Crippen LogP contribution < -0.4 is 10.6 Å². The number of likely N-dealkylation sites (N-methyl/N-ethyl adjacent to an activating group) is 1. The van der Waals surface area contributed by atoms with Gasteiger partial charge in [-0.2, -0.15) is 0 Å². The van der Waals surface area contributed by atoms with Crippen molar-refractivity contribution in [2.75, 3.05) is 7.05 Å². The summed E-state index contributed by atoms with van der Waals surface area (Å²) in [7, 11) is 1.39. The van der Waals surface area contributed by atoms with Gasteiger partial charge in [-0.1, -0.05) is 6.58 Å². The Kier molecular flexibility index (Phi) is 5.19. The van der Waals surface area contributed by atoms with Gasteiger partial charge < -0.3 is 20.8 Å². The molecule has 0 radical (unpaired) electrons. The highest BCUT2D eigenvalue weighted by Crippen LogP contribution is 2.03. The van der Waals surface area contributed by atoms with E-state index in [4.69, 9.17) is 0 Å². The van der Waals surface area contributed by atoms with E-state index >= 15 is 0 Å². The molecule has 0 saturated carbocycles. The lowest BCUT2D eigenvalue weighted by atomic mass is 10.1. The highest BCUT2D eigenvalue weighted by atomic mass is 16.3. The zero-order chi connectivity index (χ0) is 11.3. The van der Waals surface area contributed by atoms with Crippen LogP contribution in [0.1, 0.15) is 13.8 Å². The van der Waals surface area contributed by atoms with Gasteiger partial charge >= 0.3 is 0 Å². The summed E-state index contributed by atoms with van der Waals surface area (Å²) in [5.41, 5.74) is 0.232. The molecule has 82 valence electrons. The van der Waals surface area contributed by atoms with E-state index in [2.05, 4.69) is 17.2 Å². The Morgan fingerprint density at radius 1 is 1.29 bits per heavy atom. The Hall–Kier alpha value is -1.07. The predicted octanol–water partition coefficient (Wildman–Crippen LogP) is -1.03. The summed E-state index contributed by atoms with van der Waals surface area (Å²) in [6.07, 6.45) is -2.78. The molecule has 0 aliphatic carbocycles. The van der Waals surface area contributed by atoms with Gasteiger partial charge in [0.05, 0.1) is 0 Å². The van der Waals surface area contributed by atoms with Crippen molar-refractivity contribution < 1.29 is 15.0 Å². The molecule has 4 N–H and O–H groups in total. The molecule has 14 heavy (non-hydrogen) atoms. The fraction of sp³-hybridized carbons (Fsp3) is 0.667. The maximum Gasteiger partial charge on any atom is 0.251 e. The molecule has 1 amide bonds. The van der Waals surface area contributed by atoms with Gasteiger partial charge in [0.15, 0.2) is 6.10 Å². The number of amides is 1. The number of carbonyl (C=O) groups excluding carboxylic acids is 1. The lowest BCUT2D eigenvalue weighted by molar-refractivity contribution is -0.133. The van der Waals surface area contributed by atoms with Gasteiger partial charge in [0, 0.05) is 18.8 Å². The molecule has 0 fully saturated rings. The average Bonchev–Trinajstić information content (AvgIpc) is 2.13. The van der Waals surface area contributed by atoms with Gasteiger partial charge in [0.2, 0.25) is 0 Å². The largest absolute Gasteiger partial charge is 0.384 e. The van der Waals surface area contributed by atoms with Crippen LogP contribution in [0.2, 0.25) is 0 Å². The molecule has 0 aliphatic rings. The molecule has 0 heterocycles. The summed E-state index contributed by atoms with van der Waals surface area (Å²) >= 11 is 0. The standard InChI is InChI=1S/C9H18N2O3/c1-5(2)11-6(3)7(12)8(13)9(14)10-4/h5,7-8,11-13H,3H2,1-2,4H3,(H,10,14)/t7-,8?/m1/s1. The van der Waals surface area contributed by atoms with E-state index in [0.717, 1.165) is 0 Å². The monoisotopic (exact) mass is 202 g/mol. The summed E-state index contributed by atoms with van der Waals surface area (Å²) in [5.74, 6) is -0.635. The van der Waals surface area contributed by atoms with Crippen molar-refractivity contribution >= 4 is 5.91 Å². The molecule has 0 rings (SSSR count). The van der Waals surface area contributed by atoms with Crippen molar-refractivity contribution in [1.82, 2.24) is 10.6 Å². The molecule has 0 aromatic carbocycles. The van der Waals surface area contributed by atoms with Crippen LogP contribution in [0.15, 0.2) is 12.3 Å². The van der Waals surface area contributed by atoms with E-state index in [1.54, 1.807) is 0 Å². The zero-order valence-corrected chi connectivity index (χ0v) is 8.74. The van der Waals surface area contributed by atoms with Crippen molar-refractivity contribution in [2.24, 2.45) is 0 Å². The minimum absolute atomic E-state index is 0.0917. The predicted molar refractivity (Wildman–Crippen MR) is 53.5 cm³/mol. The first-order chi connectivity index (χ1) is 6.40. The minimum Gasteiger partial charge on any atom is -0.384 e. The molecular weight excluding hydrogens is 184 g/mol. The third-order valence-electron chi connectivity index (χ3n) is 1.65. The van der Waals surface area contributed by atoms with E-state index in [-0.39, 0.29) is 11.7 Å². The van der Waals surface area contributed by atoms with Crippen LogP contribution in [-0.4, -0.2) is 41.4 Å². The van der Waals surface area contributed by atoms with Gasteiger partial charge in [-0.3, -0.25) is 4.79 Å². The molecule has 2 atom stereocenters. The van der Waals surface area contributed by atoms with Gasteiger partial charge in [0.1, 0.15) is 6.10 Å². The second kappa shape index (κ2) is 5.62. The molecule has 0 aromatic heterocycles. The van der Waals surface area contributed by atoms with Crippen molar-refractivity contribution in [2.45, 2.75) is 32.1 Å². The van der Waals surface area contributed by atoms with Crippen molar-refractivity contribution in [3.8, 4) is 0 Å². The summed E-state index contributed by atoms with van der Waals surface area (Å²) < 4.78 is 0. The quantitative estimate of drug-likeness (QED) is 0.459. The molecule has 0 saturated heterocycles. The summed E-state index contributed by atoms with van der Waals surface area (Å²) in [6, 6.07) is 0.0917. The Morgan fingerprint density at radius 2 is 1.79 bits per heavy atom. The van der Waals surface area contributed by atoms with E-state index in [1.165, 1.54) is 7.05 Å².